The standard InChI is InChI=1S/C25H31FN4O4/c1-15-6-11-20(17-7-9-18(26)10-8-17)30(14-15)23(32)22(31)28-19-12-16(2)21(27-13-19)29-24(33)34-25(3,4)5/h7-10,12-13,15,20H,6,11,14H2,1-5H3,(H,28,31)(H,27,29,33)/t15-,20-/m0/s1. The number of pyridine rings is 1. The summed E-state index contributed by atoms with van der Waals surface area (Å²) in [5.41, 5.74) is 1.06. The fraction of sp³-hybridized carbons (Fsp3) is 0.440. The van der Waals surface area contributed by atoms with Crippen LogP contribution in [-0.2, 0) is 14.3 Å². The monoisotopic (exact) mass is 470 g/mol. The van der Waals surface area contributed by atoms with Gasteiger partial charge in [-0.1, -0.05) is 19.1 Å². The molecule has 1 fully saturated rings. The second kappa shape index (κ2) is 10.2. The Balaban J connectivity index is 1.70. The molecule has 2 aromatic rings. The molecule has 34 heavy (non-hydrogen) atoms. The van der Waals surface area contributed by atoms with E-state index >= 15 is 0 Å². The van der Waals surface area contributed by atoms with Gasteiger partial charge in [0.1, 0.15) is 17.2 Å². The van der Waals surface area contributed by atoms with Crippen molar-refractivity contribution in [3.63, 3.8) is 0 Å². The highest BCUT2D eigenvalue weighted by Gasteiger charge is 2.34. The summed E-state index contributed by atoms with van der Waals surface area (Å²) in [6.45, 7) is 9.45. The number of hydrogen-bond acceptors (Lipinski definition) is 5. The molecule has 2 N–H and O–H groups in total. The lowest BCUT2D eigenvalue weighted by atomic mass is 9.90. The quantitative estimate of drug-likeness (QED) is 0.627. The lowest BCUT2D eigenvalue weighted by molar-refractivity contribution is -0.146. The number of rotatable bonds is 3. The molecular formula is C25H31FN4O4. The number of hydrogen-bond donors (Lipinski definition) is 2. The maximum atomic E-state index is 13.4. The average Bonchev–Trinajstić information content (AvgIpc) is 2.74. The number of halogens is 1. The van der Waals surface area contributed by atoms with Crippen LogP contribution in [0.25, 0.3) is 0 Å². The Morgan fingerprint density at radius 3 is 2.41 bits per heavy atom. The summed E-state index contributed by atoms with van der Waals surface area (Å²) in [6.07, 6.45) is 2.32. The van der Waals surface area contributed by atoms with E-state index in [4.69, 9.17) is 4.74 Å². The van der Waals surface area contributed by atoms with Gasteiger partial charge in [0, 0.05) is 6.54 Å². The summed E-state index contributed by atoms with van der Waals surface area (Å²) in [5.74, 6) is -1.25. The zero-order valence-corrected chi connectivity index (χ0v) is 20.1. The third kappa shape index (κ3) is 6.52. The number of carbonyl (C=O) groups is 3. The number of nitrogens with one attached hydrogen (secondary N) is 2. The number of piperidine rings is 1. The molecule has 0 saturated carbocycles. The summed E-state index contributed by atoms with van der Waals surface area (Å²) in [5, 5.41) is 5.17. The number of ether oxygens (including phenoxy) is 1. The molecule has 0 aliphatic carbocycles. The Kier molecular flexibility index (Phi) is 7.54. The van der Waals surface area contributed by atoms with Gasteiger partial charge in [0.15, 0.2) is 0 Å². The van der Waals surface area contributed by atoms with E-state index in [2.05, 4.69) is 15.6 Å². The highest BCUT2D eigenvalue weighted by molar-refractivity contribution is 6.39. The van der Waals surface area contributed by atoms with Crippen LogP contribution < -0.4 is 10.6 Å². The first kappa shape index (κ1) is 25.1. The third-order valence-electron chi connectivity index (χ3n) is 5.48. The van der Waals surface area contributed by atoms with Gasteiger partial charge in [-0.15, -0.1) is 0 Å². The first-order valence-electron chi connectivity index (χ1n) is 11.3. The number of aryl methyl sites for hydroxylation is 1. The summed E-state index contributed by atoms with van der Waals surface area (Å²) < 4.78 is 18.6. The Labute approximate surface area is 198 Å². The molecule has 1 aromatic carbocycles. The van der Waals surface area contributed by atoms with Gasteiger partial charge in [-0.25, -0.2) is 14.2 Å². The van der Waals surface area contributed by atoms with Crippen molar-refractivity contribution in [2.24, 2.45) is 5.92 Å². The lowest BCUT2D eigenvalue weighted by Crippen LogP contribution is -2.46. The van der Waals surface area contributed by atoms with E-state index < -0.39 is 23.5 Å². The lowest BCUT2D eigenvalue weighted by Gasteiger charge is -2.38. The smallest absolute Gasteiger partial charge is 0.413 e. The summed E-state index contributed by atoms with van der Waals surface area (Å²) in [7, 11) is 0. The molecular weight excluding hydrogens is 439 g/mol. The van der Waals surface area contributed by atoms with Crippen molar-refractivity contribution >= 4 is 29.4 Å². The average molecular weight is 471 g/mol. The fourth-order valence-corrected chi connectivity index (χ4v) is 3.90. The van der Waals surface area contributed by atoms with Gasteiger partial charge < -0.3 is 15.0 Å². The first-order valence-corrected chi connectivity index (χ1v) is 11.3. The molecule has 8 nitrogen and oxygen atoms in total. The van der Waals surface area contributed by atoms with Gasteiger partial charge in [-0.3, -0.25) is 14.9 Å². The topological polar surface area (TPSA) is 101 Å². The molecule has 182 valence electrons. The van der Waals surface area contributed by atoms with Crippen molar-refractivity contribution in [2.45, 2.75) is 59.1 Å². The van der Waals surface area contributed by atoms with E-state index in [-0.39, 0.29) is 17.8 Å². The Hall–Kier alpha value is -3.49. The summed E-state index contributed by atoms with van der Waals surface area (Å²) in [4.78, 5) is 43.6. The number of benzene rings is 1. The molecule has 1 aliphatic rings. The van der Waals surface area contributed by atoms with E-state index in [0.717, 1.165) is 12.0 Å². The molecule has 1 saturated heterocycles. The molecule has 2 heterocycles. The van der Waals surface area contributed by atoms with Crippen LogP contribution in [0, 0.1) is 18.7 Å². The molecule has 0 unspecified atom stereocenters. The minimum atomic E-state index is -0.782. The molecule has 2 atom stereocenters. The third-order valence-corrected chi connectivity index (χ3v) is 5.48. The van der Waals surface area contributed by atoms with Crippen molar-refractivity contribution in [2.75, 3.05) is 17.2 Å². The van der Waals surface area contributed by atoms with E-state index in [9.17, 15) is 18.8 Å². The van der Waals surface area contributed by atoms with Crippen LogP contribution in [0.5, 0.6) is 0 Å². The SMILES string of the molecule is Cc1cc(NC(=O)C(=O)N2C[C@@H](C)CC[C@H]2c2ccc(F)cc2)cnc1NC(=O)OC(C)(C)C. The van der Waals surface area contributed by atoms with Gasteiger partial charge in [-0.05, 0) is 75.8 Å². The van der Waals surface area contributed by atoms with Gasteiger partial charge in [0.2, 0.25) is 0 Å². The van der Waals surface area contributed by atoms with E-state index in [1.807, 2.05) is 6.92 Å². The molecule has 3 rings (SSSR count). The van der Waals surface area contributed by atoms with Crippen molar-refractivity contribution in [1.82, 2.24) is 9.88 Å². The molecule has 1 aromatic heterocycles. The van der Waals surface area contributed by atoms with Crippen LogP contribution in [0.4, 0.5) is 20.7 Å². The minimum absolute atomic E-state index is 0.246. The van der Waals surface area contributed by atoms with Crippen molar-refractivity contribution in [3.05, 3.63) is 53.5 Å². The molecule has 0 radical (unpaired) electrons. The Bertz CT molecular complexity index is 1070. The summed E-state index contributed by atoms with van der Waals surface area (Å²) in [6, 6.07) is 7.33. The number of nitrogens with zero attached hydrogens (tertiary/aromatic N) is 2. The Morgan fingerprint density at radius 2 is 1.79 bits per heavy atom. The van der Waals surface area contributed by atoms with Crippen LogP contribution in [0.2, 0.25) is 0 Å². The van der Waals surface area contributed by atoms with Crippen LogP contribution >= 0.6 is 0 Å². The van der Waals surface area contributed by atoms with Crippen molar-refractivity contribution in [1.29, 1.82) is 0 Å². The minimum Gasteiger partial charge on any atom is -0.444 e. The van der Waals surface area contributed by atoms with Crippen LogP contribution in [-0.4, -0.2) is 39.9 Å². The largest absolute Gasteiger partial charge is 0.444 e. The highest BCUT2D eigenvalue weighted by Crippen LogP contribution is 2.33. The number of anilines is 2. The molecule has 0 spiro atoms. The van der Waals surface area contributed by atoms with E-state index in [1.54, 1.807) is 50.8 Å². The molecule has 1 aliphatic heterocycles. The Morgan fingerprint density at radius 1 is 1.12 bits per heavy atom. The second-order valence-electron chi connectivity index (χ2n) is 9.68. The normalized spacial score (nSPS) is 18.2. The van der Waals surface area contributed by atoms with Gasteiger partial charge in [-0.2, -0.15) is 0 Å². The molecule has 3 amide bonds. The molecule has 0 bridgehead atoms. The van der Waals surface area contributed by atoms with Crippen LogP contribution in [0.1, 0.15) is 57.7 Å². The van der Waals surface area contributed by atoms with Gasteiger partial charge >= 0.3 is 17.9 Å². The van der Waals surface area contributed by atoms with Crippen LogP contribution in [0.3, 0.4) is 0 Å². The zero-order chi connectivity index (χ0) is 25.0. The zero-order valence-electron chi connectivity index (χ0n) is 20.1. The first-order chi connectivity index (χ1) is 15.9. The second-order valence-corrected chi connectivity index (χ2v) is 9.68. The number of amides is 3. The van der Waals surface area contributed by atoms with Crippen LogP contribution in [0.15, 0.2) is 36.5 Å². The predicted molar refractivity (Wildman–Crippen MR) is 127 cm³/mol. The van der Waals surface area contributed by atoms with E-state index in [0.29, 0.717) is 30.0 Å². The molecule has 9 heteroatoms. The number of aromatic nitrogens is 1. The van der Waals surface area contributed by atoms with Gasteiger partial charge in [0.05, 0.1) is 17.9 Å². The fourth-order valence-electron chi connectivity index (χ4n) is 3.90. The van der Waals surface area contributed by atoms with Crippen molar-refractivity contribution in [3.8, 4) is 0 Å². The highest BCUT2D eigenvalue weighted by atomic mass is 19.1. The summed E-state index contributed by atoms with van der Waals surface area (Å²) >= 11 is 0. The maximum Gasteiger partial charge on any atom is 0.413 e. The number of likely N-dealkylation sites (tertiary alicyclic amines) is 1. The van der Waals surface area contributed by atoms with Gasteiger partial charge in [0.25, 0.3) is 0 Å². The maximum absolute atomic E-state index is 13.4. The number of carbonyl (C=O) groups excluding carboxylic acids is 3. The van der Waals surface area contributed by atoms with E-state index in [1.165, 1.54) is 18.3 Å². The van der Waals surface area contributed by atoms with Crippen molar-refractivity contribution < 1.29 is 23.5 Å². The predicted octanol–water partition coefficient (Wildman–Crippen LogP) is 4.81.